The van der Waals surface area contributed by atoms with Crippen LogP contribution in [-0.2, 0) is 11.2 Å². The van der Waals surface area contributed by atoms with Crippen molar-refractivity contribution in [3.63, 3.8) is 0 Å². The van der Waals surface area contributed by atoms with Crippen molar-refractivity contribution in [2.24, 2.45) is 5.92 Å². The molecule has 0 spiro atoms. The highest BCUT2D eigenvalue weighted by molar-refractivity contribution is 9.10. The highest BCUT2D eigenvalue weighted by Crippen LogP contribution is 2.38. The van der Waals surface area contributed by atoms with Crippen molar-refractivity contribution in [3.05, 3.63) is 33.8 Å². The summed E-state index contributed by atoms with van der Waals surface area (Å²) in [5.74, 6) is 0.678. The van der Waals surface area contributed by atoms with Crippen LogP contribution in [-0.4, -0.2) is 23.8 Å². The number of hydrogen-bond acceptors (Lipinski definition) is 2. The molecule has 1 aromatic rings. The predicted molar refractivity (Wildman–Crippen MR) is 80.2 cm³/mol. The maximum absolute atomic E-state index is 11.4. The monoisotopic (exact) mass is 321 g/mol. The first-order chi connectivity index (χ1) is 9.15. The molecule has 1 heterocycles. The summed E-state index contributed by atoms with van der Waals surface area (Å²) in [6.07, 6.45) is 4.50. The number of Topliss-reactive ketones (excluding diaryl/α,β-unsaturated/α-hetero) is 1. The first kappa shape index (κ1) is 13.3. The molecular formula is C16H20BrNO. The number of ketones is 1. The maximum Gasteiger partial charge on any atom is 0.133 e. The highest BCUT2D eigenvalue weighted by Gasteiger charge is 2.31. The van der Waals surface area contributed by atoms with Gasteiger partial charge in [0.25, 0.3) is 0 Å². The van der Waals surface area contributed by atoms with Gasteiger partial charge >= 0.3 is 0 Å². The van der Waals surface area contributed by atoms with Crippen molar-refractivity contribution < 1.29 is 4.79 Å². The highest BCUT2D eigenvalue weighted by atomic mass is 79.9. The minimum absolute atomic E-state index is 0.307. The van der Waals surface area contributed by atoms with E-state index in [1.165, 1.54) is 28.4 Å². The van der Waals surface area contributed by atoms with Gasteiger partial charge in [-0.05, 0) is 69.0 Å². The summed E-state index contributed by atoms with van der Waals surface area (Å²) in [5.41, 5.74) is 3.00. The van der Waals surface area contributed by atoms with E-state index in [2.05, 4.69) is 39.0 Å². The number of fused-ring (bicyclic) bond motifs is 1. The summed E-state index contributed by atoms with van der Waals surface area (Å²) in [5, 5.41) is 0. The van der Waals surface area contributed by atoms with Crippen LogP contribution >= 0.6 is 15.9 Å². The first-order valence-electron chi connectivity index (χ1n) is 7.18. The molecule has 1 fully saturated rings. The SMILES string of the molecule is CC(=O)C1CCN(C2CCc3cc(Br)ccc32)CC1. The number of carbonyl (C=O) groups excluding carboxylic acids is 1. The summed E-state index contributed by atoms with van der Waals surface area (Å²) in [7, 11) is 0. The fourth-order valence-electron chi connectivity index (χ4n) is 3.56. The zero-order valence-electron chi connectivity index (χ0n) is 11.4. The molecule has 1 atom stereocenters. The summed E-state index contributed by atoms with van der Waals surface area (Å²) >= 11 is 3.55. The smallest absolute Gasteiger partial charge is 0.133 e. The van der Waals surface area contributed by atoms with E-state index < -0.39 is 0 Å². The first-order valence-corrected chi connectivity index (χ1v) is 7.97. The second kappa shape index (κ2) is 5.37. The molecule has 1 unspecified atom stereocenters. The van der Waals surface area contributed by atoms with Crippen molar-refractivity contribution in [2.75, 3.05) is 13.1 Å². The number of rotatable bonds is 2. The van der Waals surface area contributed by atoms with E-state index in [0.717, 1.165) is 25.9 Å². The number of benzene rings is 1. The Kier molecular flexibility index (Phi) is 3.77. The Morgan fingerprint density at radius 3 is 2.68 bits per heavy atom. The van der Waals surface area contributed by atoms with Gasteiger partial charge in [-0.15, -0.1) is 0 Å². The second-order valence-corrected chi connectivity index (χ2v) is 6.73. The Bertz CT molecular complexity index is 492. The van der Waals surface area contributed by atoms with Crippen LogP contribution in [0.15, 0.2) is 22.7 Å². The number of aryl methyl sites for hydroxylation is 1. The van der Waals surface area contributed by atoms with E-state index in [1.807, 2.05) is 0 Å². The topological polar surface area (TPSA) is 20.3 Å². The van der Waals surface area contributed by atoms with E-state index in [-0.39, 0.29) is 0 Å². The molecule has 19 heavy (non-hydrogen) atoms. The number of nitrogens with zero attached hydrogens (tertiary/aromatic N) is 1. The molecule has 0 radical (unpaired) electrons. The summed E-state index contributed by atoms with van der Waals surface area (Å²) in [6, 6.07) is 7.27. The summed E-state index contributed by atoms with van der Waals surface area (Å²) in [4.78, 5) is 14.0. The Balaban J connectivity index is 1.71. The lowest BCUT2D eigenvalue weighted by Crippen LogP contribution is -2.37. The maximum atomic E-state index is 11.4. The average molecular weight is 322 g/mol. The van der Waals surface area contributed by atoms with Gasteiger partial charge in [-0.3, -0.25) is 9.69 Å². The third-order valence-electron chi connectivity index (χ3n) is 4.70. The second-order valence-electron chi connectivity index (χ2n) is 5.82. The number of carbonyl (C=O) groups is 1. The third-order valence-corrected chi connectivity index (χ3v) is 5.19. The Hall–Kier alpha value is -0.670. The lowest BCUT2D eigenvalue weighted by atomic mass is 9.92. The molecule has 102 valence electrons. The number of piperidine rings is 1. The van der Waals surface area contributed by atoms with Crippen molar-refractivity contribution in [1.82, 2.24) is 4.90 Å². The molecule has 1 aliphatic carbocycles. The van der Waals surface area contributed by atoms with E-state index in [0.29, 0.717) is 17.7 Å². The van der Waals surface area contributed by atoms with Crippen molar-refractivity contribution in [2.45, 2.75) is 38.6 Å². The lowest BCUT2D eigenvalue weighted by Gasteiger charge is -2.35. The standard InChI is InChI=1S/C16H20BrNO/c1-11(19)12-6-8-18(9-7-12)16-5-2-13-10-14(17)3-4-15(13)16/h3-4,10,12,16H,2,5-9H2,1H3. The molecule has 2 aliphatic rings. The van der Waals surface area contributed by atoms with Crippen LogP contribution in [0.5, 0.6) is 0 Å². The zero-order valence-corrected chi connectivity index (χ0v) is 12.9. The molecular weight excluding hydrogens is 302 g/mol. The minimum atomic E-state index is 0.307. The predicted octanol–water partition coefficient (Wildman–Crippen LogP) is 3.74. The van der Waals surface area contributed by atoms with Gasteiger partial charge in [-0.2, -0.15) is 0 Å². The van der Waals surface area contributed by atoms with Crippen molar-refractivity contribution in [1.29, 1.82) is 0 Å². The zero-order chi connectivity index (χ0) is 13.4. The van der Waals surface area contributed by atoms with Gasteiger partial charge in [0.05, 0.1) is 0 Å². The van der Waals surface area contributed by atoms with Gasteiger partial charge in [-0.1, -0.05) is 22.0 Å². The van der Waals surface area contributed by atoms with Crippen LogP contribution in [0, 0.1) is 5.92 Å². The van der Waals surface area contributed by atoms with E-state index in [1.54, 1.807) is 6.92 Å². The van der Waals surface area contributed by atoms with Crippen LogP contribution in [0.2, 0.25) is 0 Å². The fourth-order valence-corrected chi connectivity index (χ4v) is 3.97. The molecule has 1 saturated heterocycles. The van der Waals surface area contributed by atoms with Gasteiger partial charge in [0.2, 0.25) is 0 Å². The van der Waals surface area contributed by atoms with Gasteiger partial charge in [0, 0.05) is 16.4 Å². The Labute approximate surface area is 123 Å². The molecule has 0 aromatic heterocycles. The van der Waals surface area contributed by atoms with Crippen LogP contribution in [0.1, 0.15) is 43.4 Å². The quantitative estimate of drug-likeness (QED) is 0.827. The van der Waals surface area contributed by atoms with Crippen LogP contribution in [0.4, 0.5) is 0 Å². The molecule has 0 N–H and O–H groups in total. The van der Waals surface area contributed by atoms with E-state index >= 15 is 0 Å². The van der Waals surface area contributed by atoms with Crippen LogP contribution < -0.4 is 0 Å². The molecule has 0 amide bonds. The van der Waals surface area contributed by atoms with Gasteiger partial charge in [0.1, 0.15) is 5.78 Å². The molecule has 1 aliphatic heterocycles. The number of likely N-dealkylation sites (tertiary alicyclic amines) is 1. The molecule has 3 rings (SSSR count). The van der Waals surface area contributed by atoms with E-state index in [4.69, 9.17) is 0 Å². The average Bonchev–Trinajstić information content (AvgIpc) is 2.81. The van der Waals surface area contributed by atoms with E-state index in [9.17, 15) is 4.79 Å². The Morgan fingerprint density at radius 2 is 2.00 bits per heavy atom. The molecule has 3 heteroatoms. The van der Waals surface area contributed by atoms with Gasteiger partial charge < -0.3 is 0 Å². The van der Waals surface area contributed by atoms with Crippen LogP contribution in [0.3, 0.4) is 0 Å². The normalized spacial score (nSPS) is 24.4. The third kappa shape index (κ3) is 2.63. The Morgan fingerprint density at radius 1 is 1.26 bits per heavy atom. The molecule has 1 aromatic carbocycles. The summed E-state index contributed by atoms with van der Waals surface area (Å²) < 4.78 is 1.18. The lowest BCUT2D eigenvalue weighted by molar-refractivity contribution is -0.122. The molecule has 0 bridgehead atoms. The largest absolute Gasteiger partial charge is 0.300 e. The van der Waals surface area contributed by atoms with Crippen LogP contribution in [0.25, 0.3) is 0 Å². The van der Waals surface area contributed by atoms with Gasteiger partial charge in [-0.25, -0.2) is 0 Å². The molecule has 2 nitrogen and oxygen atoms in total. The summed E-state index contributed by atoms with van der Waals surface area (Å²) in [6.45, 7) is 3.89. The number of hydrogen-bond donors (Lipinski definition) is 0. The number of halogens is 1. The van der Waals surface area contributed by atoms with Crippen molar-refractivity contribution >= 4 is 21.7 Å². The van der Waals surface area contributed by atoms with Crippen molar-refractivity contribution in [3.8, 4) is 0 Å². The van der Waals surface area contributed by atoms with Gasteiger partial charge in [0.15, 0.2) is 0 Å². The molecule has 0 saturated carbocycles. The minimum Gasteiger partial charge on any atom is -0.300 e. The fraction of sp³-hybridized carbons (Fsp3) is 0.562.